The Balaban J connectivity index is 0.000000125. The molecule has 346 valence electrons. The molecule has 0 radical (unpaired) electrons. The van der Waals surface area contributed by atoms with E-state index in [1.54, 1.807) is 24.4 Å². The van der Waals surface area contributed by atoms with Crippen LogP contribution >= 0.6 is 0 Å². The molecule has 4 aromatic heterocycles. The Kier molecular flexibility index (Phi) is 11.5. The Hall–Kier alpha value is -7.89. The van der Waals surface area contributed by atoms with E-state index < -0.39 is 0 Å². The number of aromatic amines is 2. The minimum Gasteiger partial charge on any atom is -0.453 e. The molecule has 17 heteroatoms. The molecule has 0 spiro atoms. The molecule has 4 fully saturated rings. The summed E-state index contributed by atoms with van der Waals surface area (Å²) in [5.74, 6) is 4.63. The molecule has 6 atom stereocenters. The molecule has 10 heterocycles. The fraction of sp³-hybridized carbons (Fsp3) is 0.288. The van der Waals surface area contributed by atoms with E-state index in [4.69, 9.17) is 9.47 Å². The summed E-state index contributed by atoms with van der Waals surface area (Å²) in [5, 5.41) is 32.6. The molecule has 8 aromatic rings. The van der Waals surface area contributed by atoms with Gasteiger partial charge in [-0.2, -0.15) is 10.4 Å². The third-order valence-corrected chi connectivity index (χ3v) is 14.3. The first-order valence-corrected chi connectivity index (χ1v) is 23.8. The van der Waals surface area contributed by atoms with Crippen molar-refractivity contribution in [2.75, 3.05) is 9.80 Å². The van der Waals surface area contributed by atoms with Gasteiger partial charge in [0.25, 0.3) is 0 Å². The van der Waals surface area contributed by atoms with Gasteiger partial charge in [0.1, 0.15) is 5.69 Å². The zero-order valence-corrected chi connectivity index (χ0v) is 37.8. The number of nitrogens with one attached hydrogen (secondary N) is 3. The first-order chi connectivity index (χ1) is 34.1. The molecule has 69 heavy (non-hydrogen) atoms. The minimum atomic E-state index is 0.414. The number of H-pyrrole nitrogens is 2. The van der Waals surface area contributed by atoms with Gasteiger partial charge >= 0.3 is 0 Å². The molecule has 0 amide bonds. The summed E-state index contributed by atoms with van der Waals surface area (Å²) in [4.78, 5) is 25.9. The van der Waals surface area contributed by atoms with E-state index in [1.807, 2.05) is 48.7 Å². The third-order valence-electron chi connectivity index (χ3n) is 14.3. The van der Waals surface area contributed by atoms with Crippen LogP contribution in [0.5, 0.6) is 23.0 Å². The van der Waals surface area contributed by atoms with Crippen LogP contribution in [-0.4, -0.2) is 98.7 Å². The number of aldehydes is 1. The average molecular weight is 919 g/mol. The van der Waals surface area contributed by atoms with Crippen LogP contribution in [0.25, 0.3) is 22.8 Å². The number of fused-ring (bicyclic) bond motifs is 8. The fourth-order valence-corrected chi connectivity index (χ4v) is 11.3. The van der Waals surface area contributed by atoms with E-state index in [0.29, 0.717) is 53.6 Å². The molecule has 6 aliphatic rings. The number of para-hydroxylation sites is 4. The highest BCUT2D eigenvalue weighted by Gasteiger charge is 2.45. The van der Waals surface area contributed by atoms with Crippen molar-refractivity contribution in [3.05, 3.63) is 145 Å². The monoisotopic (exact) mass is 918 g/mol. The van der Waals surface area contributed by atoms with E-state index in [0.717, 1.165) is 101 Å². The van der Waals surface area contributed by atoms with Crippen LogP contribution in [0.4, 0.5) is 22.7 Å². The van der Waals surface area contributed by atoms with Crippen LogP contribution in [0.15, 0.2) is 134 Å². The van der Waals surface area contributed by atoms with Gasteiger partial charge in [0.2, 0.25) is 11.6 Å². The van der Waals surface area contributed by atoms with Crippen LogP contribution in [0.3, 0.4) is 0 Å². The number of anilines is 4. The molecule has 0 saturated carbocycles. The number of nitrogens with zero attached hydrogens (tertiary/aromatic N) is 11. The lowest BCUT2D eigenvalue weighted by molar-refractivity contribution is 0.111. The molecular formula is C52H50N14O3. The predicted molar refractivity (Wildman–Crippen MR) is 259 cm³/mol. The fourth-order valence-electron chi connectivity index (χ4n) is 11.3. The number of carbonyl (C=O) groups excluding carboxylic acids is 1. The number of benzene rings is 4. The van der Waals surface area contributed by atoms with Crippen molar-refractivity contribution in [3.8, 4) is 45.8 Å². The van der Waals surface area contributed by atoms with Gasteiger partial charge in [0.15, 0.2) is 29.3 Å². The molecule has 6 aliphatic heterocycles. The second-order valence-electron chi connectivity index (χ2n) is 18.4. The largest absolute Gasteiger partial charge is 0.453 e. The summed E-state index contributed by atoms with van der Waals surface area (Å²) >= 11 is 0. The van der Waals surface area contributed by atoms with Crippen molar-refractivity contribution < 1.29 is 14.3 Å². The Bertz CT molecular complexity index is 3010. The van der Waals surface area contributed by atoms with Crippen molar-refractivity contribution in [1.82, 2.24) is 61.4 Å². The zero-order valence-electron chi connectivity index (χ0n) is 37.8. The number of rotatable bonds is 7. The number of tetrazole rings is 2. The summed E-state index contributed by atoms with van der Waals surface area (Å²) in [7, 11) is 0. The second-order valence-corrected chi connectivity index (χ2v) is 18.4. The number of carbonyl (C=O) groups is 1. The van der Waals surface area contributed by atoms with Crippen LogP contribution in [0.2, 0.25) is 0 Å². The quantitative estimate of drug-likeness (QED) is 0.128. The lowest BCUT2D eigenvalue weighted by Gasteiger charge is -2.45. The van der Waals surface area contributed by atoms with Gasteiger partial charge in [-0.1, -0.05) is 36.4 Å². The maximum atomic E-state index is 9.94. The van der Waals surface area contributed by atoms with Gasteiger partial charge < -0.3 is 24.6 Å². The SMILES string of the molecule is O=Cc1ccccn1.c1ccc(CN2[C@@H]3CC[C@H]2CC(N2c4ccccc4Oc4cc(-c5nn[nH]n5)ccc42)C3)nc1.c1ccc2c(c1)Oc1cc(-c3nn[nH]n3)ccc1N2C1C[C@H]2CC[C@@H](C1)N2. The molecule has 0 aliphatic carbocycles. The lowest BCUT2D eigenvalue weighted by Crippen LogP contribution is -2.49. The maximum absolute atomic E-state index is 9.94. The molecule has 2 unspecified atom stereocenters. The molecule has 4 bridgehead atoms. The van der Waals surface area contributed by atoms with E-state index in [2.05, 4.69) is 132 Å². The van der Waals surface area contributed by atoms with E-state index >= 15 is 0 Å². The Morgan fingerprint density at radius 2 is 1.06 bits per heavy atom. The summed E-state index contributed by atoms with van der Waals surface area (Å²) in [6, 6.07) is 43.8. The topological polar surface area (TPSA) is 192 Å². The number of hydrogen-bond acceptors (Lipinski definition) is 15. The van der Waals surface area contributed by atoms with Crippen molar-refractivity contribution in [2.24, 2.45) is 0 Å². The normalized spacial score (nSPS) is 22.5. The molecule has 4 aromatic carbocycles. The van der Waals surface area contributed by atoms with Gasteiger partial charge in [-0.3, -0.25) is 19.7 Å². The molecular weight excluding hydrogens is 869 g/mol. The van der Waals surface area contributed by atoms with E-state index in [-0.39, 0.29) is 0 Å². The van der Waals surface area contributed by atoms with Crippen molar-refractivity contribution in [1.29, 1.82) is 0 Å². The van der Waals surface area contributed by atoms with E-state index in [9.17, 15) is 4.79 Å². The number of piperidine rings is 2. The first-order valence-electron chi connectivity index (χ1n) is 23.8. The highest BCUT2D eigenvalue weighted by Crippen LogP contribution is 2.53. The standard InChI is InChI=1S/C26H25N7O.C20H20N6O.C6H5NO/c1-2-7-24-22(6-1)33(23-11-8-17(13-25(23)34-24)26-28-30-31-29-26)21-14-19-9-10-20(15-21)32(19)16-18-5-3-4-12-27-18;1-2-4-18-16(3-1)26(15-10-13-6-7-14(11-15)21-13)17-8-5-12(9-19(17)27-18)20-22-24-25-23-20;8-5-6-3-1-2-4-7-6/h1-8,11-13,19-21H,9-10,14-16H2,(H,28,29,30,31);1-5,8-9,13-15,21H,6-7,10-11H2,(H,22,23,24,25);1-5H/t19-,20+,21?;13-,14+,15?;. The van der Waals surface area contributed by atoms with Crippen LogP contribution in [-0.2, 0) is 6.54 Å². The molecule has 14 rings (SSSR count). The van der Waals surface area contributed by atoms with Gasteiger partial charge in [0, 0.05) is 66.3 Å². The number of pyridine rings is 2. The first kappa shape index (κ1) is 42.5. The van der Waals surface area contributed by atoms with Crippen LogP contribution in [0.1, 0.15) is 67.5 Å². The molecule has 17 nitrogen and oxygen atoms in total. The summed E-state index contributed by atoms with van der Waals surface area (Å²) in [6.07, 6.45) is 13.9. The second kappa shape index (κ2) is 18.7. The smallest absolute Gasteiger partial charge is 0.204 e. The maximum Gasteiger partial charge on any atom is 0.204 e. The van der Waals surface area contributed by atoms with Gasteiger partial charge in [-0.25, -0.2) is 0 Å². The summed E-state index contributed by atoms with van der Waals surface area (Å²) in [5.41, 5.74) is 7.94. The predicted octanol–water partition coefficient (Wildman–Crippen LogP) is 8.99. The van der Waals surface area contributed by atoms with Gasteiger partial charge in [-0.05, 0) is 147 Å². The van der Waals surface area contributed by atoms with E-state index in [1.165, 1.54) is 25.7 Å². The number of hydrogen-bond donors (Lipinski definition) is 3. The van der Waals surface area contributed by atoms with Crippen molar-refractivity contribution in [3.63, 3.8) is 0 Å². The van der Waals surface area contributed by atoms with Crippen LogP contribution in [0, 0.1) is 0 Å². The third kappa shape index (κ3) is 8.55. The Morgan fingerprint density at radius 1 is 0.536 bits per heavy atom. The lowest BCUT2D eigenvalue weighted by atomic mass is 9.93. The minimum absolute atomic E-state index is 0.414. The summed E-state index contributed by atoms with van der Waals surface area (Å²) < 4.78 is 12.6. The Morgan fingerprint density at radius 3 is 1.55 bits per heavy atom. The van der Waals surface area contributed by atoms with Crippen molar-refractivity contribution >= 4 is 29.0 Å². The highest BCUT2D eigenvalue weighted by molar-refractivity contribution is 5.82. The highest BCUT2D eigenvalue weighted by atomic mass is 16.5. The molecule has 4 saturated heterocycles. The number of ether oxygens (including phenoxy) is 2. The molecule has 3 N–H and O–H groups in total. The van der Waals surface area contributed by atoms with Crippen LogP contribution < -0.4 is 24.6 Å². The Labute approximate surface area is 398 Å². The van der Waals surface area contributed by atoms with Crippen molar-refractivity contribution in [2.45, 2.75) is 94.2 Å². The number of aromatic nitrogens is 10. The summed E-state index contributed by atoms with van der Waals surface area (Å²) in [6.45, 7) is 0.938. The zero-order chi connectivity index (χ0) is 46.1. The average Bonchev–Trinajstić information content (AvgIpc) is 4.24. The van der Waals surface area contributed by atoms with Gasteiger partial charge in [0.05, 0.1) is 28.4 Å². The van der Waals surface area contributed by atoms with Gasteiger partial charge in [-0.15, -0.1) is 20.4 Å².